The molecule has 278 valence electrons. The minimum absolute atomic E-state index is 0.0606. The Kier molecular flexibility index (Phi) is 11.1. The summed E-state index contributed by atoms with van der Waals surface area (Å²) >= 11 is 0. The smallest absolute Gasteiger partial charge is 0.309 e. The number of ether oxygens (including phenoxy) is 1. The van der Waals surface area contributed by atoms with Crippen LogP contribution in [0.2, 0.25) is 0 Å². The molecule has 1 heterocycles. The number of rotatable bonds is 10. The van der Waals surface area contributed by atoms with E-state index in [2.05, 4.69) is 63.8 Å². The quantitative estimate of drug-likeness (QED) is 0.185. The lowest BCUT2D eigenvalue weighted by molar-refractivity contribution is -0.176. The molecule has 3 saturated carbocycles. The highest BCUT2D eigenvalue weighted by molar-refractivity contribution is 6.00. The lowest BCUT2D eigenvalue weighted by Crippen LogP contribution is -2.52. The largest absolute Gasteiger partial charge is 0.481 e. The summed E-state index contributed by atoms with van der Waals surface area (Å²) in [6.07, 6.45) is 14.2. The summed E-state index contributed by atoms with van der Waals surface area (Å²) in [6.45, 7) is 21.2. The number of carboxylic acid groups (broad SMARTS) is 1. The Balaban J connectivity index is 1.37. The second-order valence-corrected chi connectivity index (χ2v) is 18.8. The molecule has 0 spiro atoms. The molecule has 0 radical (unpaired) electrons. The van der Waals surface area contributed by atoms with Gasteiger partial charge in [0.05, 0.1) is 17.5 Å². The molecule has 0 saturated heterocycles. The van der Waals surface area contributed by atoms with Crippen LogP contribution in [0.25, 0.3) is 0 Å². The van der Waals surface area contributed by atoms with Crippen LogP contribution in [0.4, 0.5) is 0 Å². The summed E-state index contributed by atoms with van der Waals surface area (Å²) in [4.78, 5) is 47.2. The van der Waals surface area contributed by atoms with Gasteiger partial charge in [-0.15, -0.1) is 0 Å². The van der Waals surface area contributed by atoms with Gasteiger partial charge >= 0.3 is 11.9 Å². The van der Waals surface area contributed by atoms with Crippen molar-refractivity contribution in [2.75, 3.05) is 6.54 Å². The second kappa shape index (κ2) is 14.4. The van der Waals surface area contributed by atoms with Crippen LogP contribution in [0.3, 0.4) is 0 Å². The number of nitrogens with zero attached hydrogens (tertiary/aromatic N) is 2. The number of fused-ring (bicyclic) bond motifs is 4. The van der Waals surface area contributed by atoms with Gasteiger partial charge in [-0.2, -0.15) is 0 Å². The minimum Gasteiger partial charge on any atom is -0.481 e. The number of carbonyl (C=O) groups is 3. The van der Waals surface area contributed by atoms with Crippen molar-refractivity contribution in [1.82, 2.24) is 15.3 Å². The van der Waals surface area contributed by atoms with Crippen molar-refractivity contribution in [3.63, 3.8) is 0 Å². The lowest BCUT2D eigenvalue weighted by atomic mass is 9.48. The van der Waals surface area contributed by atoms with Crippen molar-refractivity contribution < 1.29 is 24.2 Å². The fraction of sp³-hybridized carbons (Fsp3) is 0.786. The number of esters is 1. The maximum atomic E-state index is 13.9. The summed E-state index contributed by atoms with van der Waals surface area (Å²) in [5.74, 6) is 0.495. The van der Waals surface area contributed by atoms with Crippen LogP contribution in [0.15, 0.2) is 29.7 Å². The van der Waals surface area contributed by atoms with E-state index in [1.807, 2.05) is 6.07 Å². The van der Waals surface area contributed by atoms with E-state index in [4.69, 9.17) is 4.74 Å². The highest BCUT2D eigenvalue weighted by Gasteiger charge is 2.58. The van der Waals surface area contributed by atoms with Gasteiger partial charge in [-0.25, -0.2) is 9.97 Å². The molecule has 8 nitrogen and oxygen atoms in total. The third-order valence-corrected chi connectivity index (χ3v) is 14.5. The van der Waals surface area contributed by atoms with E-state index in [1.54, 1.807) is 26.4 Å². The van der Waals surface area contributed by atoms with Crippen molar-refractivity contribution in [3.8, 4) is 0 Å². The Morgan fingerprint density at radius 2 is 1.80 bits per heavy atom. The molecule has 50 heavy (non-hydrogen) atoms. The Morgan fingerprint density at radius 1 is 1.06 bits per heavy atom. The molecular weight excluding hydrogens is 626 g/mol. The van der Waals surface area contributed by atoms with Crippen molar-refractivity contribution >= 4 is 17.7 Å². The molecule has 0 bridgehead atoms. The molecule has 7 unspecified atom stereocenters. The number of ketones is 1. The standard InChI is InChI=1S/C42H65N3O5/c1-27(2)35-31(46)23-42(20-22-43-25-29-15-21-44-26-45-29)19-18-41(9)28(3)12-13-32-39(6,7)33(50-34(47)24-38(4,5)37(48)49)14-17-40(32,8)16-10-11-30(41)36(35)42/h15,21,26-28,30,32-33,43H,10-14,16-20,22-25H2,1-9H3,(H,48,49). The van der Waals surface area contributed by atoms with Crippen LogP contribution in [-0.2, 0) is 25.7 Å². The predicted molar refractivity (Wildman–Crippen MR) is 196 cm³/mol. The molecule has 1 aromatic heterocycles. The summed E-state index contributed by atoms with van der Waals surface area (Å²) in [5, 5.41) is 13.2. The molecule has 4 aliphatic carbocycles. The molecule has 8 heteroatoms. The zero-order chi connectivity index (χ0) is 36.7. The van der Waals surface area contributed by atoms with Crippen molar-refractivity contribution in [3.05, 3.63) is 35.4 Å². The zero-order valence-electron chi connectivity index (χ0n) is 32.5. The lowest BCUT2D eigenvalue weighted by Gasteiger charge is -2.58. The maximum Gasteiger partial charge on any atom is 0.309 e. The van der Waals surface area contributed by atoms with Crippen LogP contribution < -0.4 is 5.32 Å². The van der Waals surface area contributed by atoms with Crippen LogP contribution in [0, 0.1) is 50.7 Å². The predicted octanol–water partition coefficient (Wildman–Crippen LogP) is 8.74. The molecule has 4 aliphatic rings. The van der Waals surface area contributed by atoms with Gasteiger partial charge in [-0.1, -0.05) is 60.5 Å². The summed E-state index contributed by atoms with van der Waals surface area (Å²) in [7, 11) is 0. The number of hydrogen-bond donors (Lipinski definition) is 2. The van der Waals surface area contributed by atoms with Gasteiger partial charge in [0.25, 0.3) is 0 Å². The zero-order valence-corrected chi connectivity index (χ0v) is 32.5. The van der Waals surface area contributed by atoms with Crippen LogP contribution in [0.1, 0.15) is 145 Å². The number of carbonyl (C=O) groups excluding carboxylic acids is 2. The first kappa shape index (κ1) is 38.6. The Bertz CT molecular complexity index is 1450. The number of Topliss-reactive ketones (excluding diaryl/α,β-unsaturated/α-hetero) is 1. The van der Waals surface area contributed by atoms with Gasteiger partial charge < -0.3 is 15.2 Å². The van der Waals surface area contributed by atoms with E-state index in [9.17, 15) is 19.5 Å². The molecule has 7 atom stereocenters. The molecule has 0 aliphatic heterocycles. The summed E-state index contributed by atoms with van der Waals surface area (Å²) in [6, 6.07) is 1.95. The molecular formula is C42H65N3O5. The summed E-state index contributed by atoms with van der Waals surface area (Å²) in [5.41, 5.74) is 2.44. The average Bonchev–Trinajstić information content (AvgIpc) is 3.33. The van der Waals surface area contributed by atoms with Crippen molar-refractivity contribution in [2.45, 2.75) is 152 Å². The van der Waals surface area contributed by atoms with E-state index in [0.717, 1.165) is 82.0 Å². The SMILES string of the molecule is CC(C)C1=C2C3CCCC4(C)CCC(OC(=O)CC(C)(C)C(=O)O)C(C)(C)C4CCC(C)C3(C)CCC2(CCNCc2ccncn2)CC1=O. The van der Waals surface area contributed by atoms with E-state index < -0.39 is 17.4 Å². The fourth-order valence-corrected chi connectivity index (χ4v) is 11.2. The Labute approximate surface area is 301 Å². The monoisotopic (exact) mass is 691 g/mol. The van der Waals surface area contributed by atoms with Gasteiger partial charge in [0.15, 0.2) is 5.78 Å². The van der Waals surface area contributed by atoms with Crippen LogP contribution in [0.5, 0.6) is 0 Å². The number of allylic oxidation sites excluding steroid dienone is 2. The number of aliphatic carboxylic acids is 1. The van der Waals surface area contributed by atoms with Crippen molar-refractivity contribution in [2.24, 2.45) is 50.7 Å². The first-order valence-corrected chi connectivity index (χ1v) is 19.5. The maximum absolute atomic E-state index is 13.9. The van der Waals surface area contributed by atoms with Gasteiger partial charge in [-0.3, -0.25) is 14.4 Å². The van der Waals surface area contributed by atoms with Crippen molar-refractivity contribution in [1.29, 1.82) is 0 Å². The van der Waals surface area contributed by atoms with Gasteiger partial charge in [0, 0.05) is 30.0 Å². The average molecular weight is 692 g/mol. The van der Waals surface area contributed by atoms with Gasteiger partial charge in [0.1, 0.15) is 12.4 Å². The van der Waals surface area contributed by atoms with Gasteiger partial charge in [0.2, 0.25) is 0 Å². The molecule has 5 rings (SSSR count). The highest BCUT2D eigenvalue weighted by atomic mass is 16.5. The minimum atomic E-state index is -1.15. The Hall–Kier alpha value is -2.61. The second-order valence-electron chi connectivity index (χ2n) is 18.8. The van der Waals surface area contributed by atoms with Gasteiger partial charge in [-0.05, 0) is 124 Å². The Morgan fingerprint density at radius 3 is 2.46 bits per heavy atom. The van der Waals surface area contributed by atoms with E-state index >= 15 is 0 Å². The summed E-state index contributed by atoms with van der Waals surface area (Å²) < 4.78 is 6.16. The number of nitrogens with one attached hydrogen (secondary N) is 1. The van der Waals surface area contributed by atoms with E-state index in [-0.39, 0.29) is 40.1 Å². The fourth-order valence-electron chi connectivity index (χ4n) is 11.2. The number of hydrogen-bond acceptors (Lipinski definition) is 7. The van der Waals surface area contributed by atoms with Crippen LogP contribution in [-0.4, -0.2) is 45.4 Å². The first-order chi connectivity index (χ1) is 23.4. The normalized spacial score (nSPS) is 34.5. The van der Waals surface area contributed by atoms with E-state index in [1.165, 1.54) is 5.57 Å². The third-order valence-electron chi connectivity index (χ3n) is 14.5. The molecule has 1 aromatic rings. The first-order valence-electron chi connectivity index (χ1n) is 19.5. The molecule has 0 amide bonds. The molecule has 2 N–H and O–H groups in total. The van der Waals surface area contributed by atoms with E-state index in [0.29, 0.717) is 36.5 Å². The van der Waals surface area contributed by atoms with Crippen LogP contribution >= 0.6 is 0 Å². The number of aromatic nitrogens is 2. The topological polar surface area (TPSA) is 118 Å². The highest BCUT2D eigenvalue weighted by Crippen LogP contribution is 2.66. The molecule has 3 fully saturated rings. The third kappa shape index (κ3) is 7.34. The number of carboxylic acids is 1. The molecule has 0 aromatic carbocycles.